The van der Waals surface area contributed by atoms with E-state index in [1.165, 1.54) is 5.56 Å². The first kappa shape index (κ1) is 13.7. The van der Waals surface area contributed by atoms with Gasteiger partial charge in [0, 0.05) is 13.1 Å². The summed E-state index contributed by atoms with van der Waals surface area (Å²) in [7, 11) is 0. The first-order valence-electron chi connectivity index (χ1n) is 6.70. The van der Waals surface area contributed by atoms with Gasteiger partial charge in [0.15, 0.2) is 0 Å². The molecule has 0 radical (unpaired) electrons. The number of benzene rings is 1. The van der Waals surface area contributed by atoms with E-state index in [0.717, 1.165) is 31.5 Å². The highest BCUT2D eigenvalue weighted by atomic mass is 35.5. The second-order valence-corrected chi connectivity index (χ2v) is 5.76. The number of hydrogen-bond donors (Lipinski definition) is 0. The normalized spacial score (nSPS) is 14.8. The van der Waals surface area contributed by atoms with Crippen molar-refractivity contribution in [1.29, 1.82) is 0 Å². The average molecular weight is 308 g/mol. The summed E-state index contributed by atoms with van der Waals surface area (Å²) in [6, 6.07) is 8.02. The van der Waals surface area contributed by atoms with Gasteiger partial charge < -0.3 is 4.90 Å². The van der Waals surface area contributed by atoms with Crippen LogP contribution in [0.15, 0.2) is 24.3 Å². The maximum Gasteiger partial charge on any atom is 0.228 e. The van der Waals surface area contributed by atoms with Gasteiger partial charge in [0.1, 0.15) is 10.3 Å². The zero-order chi connectivity index (χ0) is 14.1. The maximum atomic E-state index is 6.33. The molecule has 0 bridgehead atoms. The van der Waals surface area contributed by atoms with Crippen LogP contribution in [-0.2, 0) is 0 Å². The molecule has 2 aromatic rings. The van der Waals surface area contributed by atoms with Crippen LogP contribution in [0.2, 0.25) is 10.3 Å². The van der Waals surface area contributed by atoms with Crippen LogP contribution in [0, 0.1) is 6.92 Å². The minimum atomic E-state index is 0.413. The number of aryl methyl sites for hydroxylation is 1. The smallest absolute Gasteiger partial charge is 0.228 e. The van der Waals surface area contributed by atoms with Crippen LogP contribution < -0.4 is 4.90 Å². The Morgan fingerprint density at radius 3 is 2.05 bits per heavy atom. The molecule has 3 rings (SSSR count). The zero-order valence-corrected chi connectivity index (χ0v) is 12.7. The molecule has 0 aliphatic carbocycles. The first-order valence-corrected chi connectivity index (χ1v) is 7.46. The molecule has 0 amide bonds. The molecule has 1 aromatic carbocycles. The van der Waals surface area contributed by atoms with E-state index in [-0.39, 0.29) is 0 Å². The number of anilines is 1. The van der Waals surface area contributed by atoms with E-state index in [1.54, 1.807) is 0 Å². The molecule has 0 N–H and O–H groups in total. The molecule has 2 heterocycles. The Balaban J connectivity index is 2.02. The Morgan fingerprint density at radius 1 is 0.950 bits per heavy atom. The first-order chi connectivity index (χ1) is 9.65. The lowest BCUT2D eigenvalue weighted by atomic mass is 10.1. The summed E-state index contributed by atoms with van der Waals surface area (Å²) < 4.78 is 0. The Morgan fingerprint density at radius 2 is 1.50 bits per heavy atom. The summed E-state index contributed by atoms with van der Waals surface area (Å²) in [4.78, 5) is 10.9. The molecule has 5 heteroatoms. The molecule has 1 aliphatic heterocycles. The highest BCUT2D eigenvalue weighted by Gasteiger charge is 2.19. The molecule has 20 heavy (non-hydrogen) atoms. The maximum absolute atomic E-state index is 6.33. The van der Waals surface area contributed by atoms with Crippen molar-refractivity contribution < 1.29 is 0 Å². The molecule has 1 aromatic heterocycles. The topological polar surface area (TPSA) is 29.0 Å². The van der Waals surface area contributed by atoms with E-state index in [1.807, 2.05) is 31.2 Å². The monoisotopic (exact) mass is 307 g/mol. The van der Waals surface area contributed by atoms with Crippen LogP contribution in [-0.4, -0.2) is 23.1 Å². The molecule has 0 unspecified atom stereocenters. The van der Waals surface area contributed by atoms with Gasteiger partial charge in [-0.15, -0.1) is 0 Å². The fourth-order valence-corrected chi connectivity index (χ4v) is 3.01. The van der Waals surface area contributed by atoms with E-state index in [4.69, 9.17) is 23.2 Å². The summed E-state index contributed by atoms with van der Waals surface area (Å²) in [6.07, 6.45) is 2.33. The molecule has 104 valence electrons. The van der Waals surface area contributed by atoms with Gasteiger partial charge in [-0.2, -0.15) is 0 Å². The van der Waals surface area contributed by atoms with Crippen LogP contribution in [0.5, 0.6) is 0 Å². The Hall–Kier alpha value is -1.32. The number of halogens is 2. The molecule has 1 aliphatic rings. The van der Waals surface area contributed by atoms with Crippen molar-refractivity contribution in [2.75, 3.05) is 18.0 Å². The molecule has 0 spiro atoms. The van der Waals surface area contributed by atoms with Crippen molar-refractivity contribution >= 4 is 29.2 Å². The molecule has 1 fully saturated rings. The third-order valence-electron chi connectivity index (χ3n) is 3.54. The highest BCUT2D eigenvalue weighted by Crippen LogP contribution is 2.34. The van der Waals surface area contributed by atoms with E-state index in [9.17, 15) is 0 Å². The summed E-state index contributed by atoms with van der Waals surface area (Å²) in [5, 5.41) is 0.825. The second-order valence-electron chi connectivity index (χ2n) is 5.04. The summed E-state index contributed by atoms with van der Waals surface area (Å²) >= 11 is 12.7. The highest BCUT2D eigenvalue weighted by molar-refractivity contribution is 6.37. The molecule has 0 atom stereocenters. The Labute approximate surface area is 128 Å². The van der Waals surface area contributed by atoms with Gasteiger partial charge in [0.25, 0.3) is 0 Å². The van der Waals surface area contributed by atoms with Gasteiger partial charge in [0.2, 0.25) is 5.95 Å². The van der Waals surface area contributed by atoms with Gasteiger partial charge in [-0.25, -0.2) is 9.97 Å². The lowest BCUT2D eigenvalue weighted by molar-refractivity contribution is 0.899. The lowest BCUT2D eigenvalue weighted by Gasteiger charge is -2.17. The fourth-order valence-electron chi connectivity index (χ4n) is 2.41. The van der Waals surface area contributed by atoms with Crippen LogP contribution in [0.25, 0.3) is 11.1 Å². The molecule has 1 saturated heterocycles. The van der Waals surface area contributed by atoms with Crippen molar-refractivity contribution in [2.45, 2.75) is 19.8 Å². The van der Waals surface area contributed by atoms with E-state index < -0.39 is 0 Å². The molecule has 0 saturated carbocycles. The summed E-state index contributed by atoms with van der Waals surface area (Å²) in [5.41, 5.74) is 2.84. The van der Waals surface area contributed by atoms with Gasteiger partial charge in [-0.1, -0.05) is 53.0 Å². The van der Waals surface area contributed by atoms with Crippen molar-refractivity contribution in [1.82, 2.24) is 9.97 Å². The van der Waals surface area contributed by atoms with Crippen LogP contribution >= 0.6 is 23.2 Å². The predicted octanol–water partition coefficient (Wildman–Crippen LogP) is 4.36. The minimum absolute atomic E-state index is 0.413. The standard InChI is InChI=1S/C15H15Cl2N3/c1-10-4-6-11(7-5-10)12-13(16)18-15(19-14(12)17)20-8-2-3-9-20/h4-7H,2-3,8-9H2,1H3. The number of hydrogen-bond acceptors (Lipinski definition) is 3. The SMILES string of the molecule is Cc1ccc(-c2c(Cl)nc(N3CCCC3)nc2Cl)cc1. The van der Waals surface area contributed by atoms with Crippen molar-refractivity contribution in [3.05, 3.63) is 40.1 Å². The van der Waals surface area contributed by atoms with Crippen molar-refractivity contribution in [2.24, 2.45) is 0 Å². The van der Waals surface area contributed by atoms with Gasteiger partial charge in [0.05, 0.1) is 5.56 Å². The Bertz CT molecular complexity index is 597. The zero-order valence-electron chi connectivity index (χ0n) is 11.2. The second kappa shape index (κ2) is 5.58. The quantitative estimate of drug-likeness (QED) is 0.772. The molecule has 3 nitrogen and oxygen atoms in total. The lowest BCUT2D eigenvalue weighted by Crippen LogP contribution is -2.20. The number of rotatable bonds is 2. The van der Waals surface area contributed by atoms with E-state index >= 15 is 0 Å². The van der Waals surface area contributed by atoms with E-state index in [2.05, 4.69) is 14.9 Å². The summed E-state index contributed by atoms with van der Waals surface area (Å²) in [5.74, 6) is 0.633. The van der Waals surface area contributed by atoms with Crippen molar-refractivity contribution in [3.8, 4) is 11.1 Å². The summed E-state index contributed by atoms with van der Waals surface area (Å²) in [6.45, 7) is 3.98. The molecular weight excluding hydrogens is 293 g/mol. The minimum Gasteiger partial charge on any atom is -0.341 e. The third kappa shape index (κ3) is 2.60. The third-order valence-corrected chi connectivity index (χ3v) is 4.09. The van der Waals surface area contributed by atoms with E-state index in [0.29, 0.717) is 21.8 Å². The van der Waals surface area contributed by atoms with Crippen molar-refractivity contribution in [3.63, 3.8) is 0 Å². The molecular formula is C15H15Cl2N3. The van der Waals surface area contributed by atoms with Gasteiger partial charge in [-0.05, 0) is 25.3 Å². The predicted molar refractivity (Wildman–Crippen MR) is 83.7 cm³/mol. The number of nitrogens with zero attached hydrogens (tertiary/aromatic N) is 3. The fraction of sp³-hybridized carbons (Fsp3) is 0.333. The van der Waals surface area contributed by atoms with Crippen LogP contribution in [0.4, 0.5) is 5.95 Å². The van der Waals surface area contributed by atoms with Crippen LogP contribution in [0.1, 0.15) is 18.4 Å². The van der Waals surface area contributed by atoms with Gasteiger partial charge in [-0.3, -0.25) is 0 Å². The largest absolute Gasteiger partial charge is 0.341 e. The number of aromatic nitrogens is 2. The Kier molecular flexibility index (Phi) is 3.81. The van der Waals surface area contributed by atoms with Gasteiger partial charge >= 0.3 is 0 Å². The average Bonchev–Trinajstić information content (AvgIpc) is 2.94. The van der Waals surface area contributed by atoms with Crippen LogP contribution in [0.3, 0.4) is 0 Å².